The molecule has 0 aromatic heterocycles. The Hall–Kier alpha value is -3.97. The summed E-state index contributed by atoms with van der Waals surface area (Å²) in [6.45, 7) is 0.903. The van der Waals surface area contributed by atoms with E-state index in [0.717, 1.165) is 17.7 Å². The van der Waals surface area contributed by atoms with E-state index in [2.05, 4.69) is 20.7 Å². The van der Waals surface area contributed by atoms with E-state index >= 15 is 0 Å². The number of nitrogens with one attached hydrogen (secondary N) is 3. The zero-order valence-corrected chi connectivity index (χ0v) is 22.8. The van der Waals surface area contributed by atoms with Crippen molar-refractivity contribution in [3.8, 4) is 11.5 Å². The van der Waals surface area contributed by atoms with E-state index in [-0.39, 0.29) is 36.5 Å². The summed E-state index contributed by atoms with van der Waals surface area (Å²) in [6.07, 6.45) is -9.23. The van der Waals surface area contributed by atoms with Crippen LogP contribution in [0, 0.1) is 0 Å². The Labute approximate surface area is 244 Å². The van der Waals surface area contributed by atoms with Crippen molar-refractivity contribution in [3.63, 3.8) is 0 Å². The molecule has 0 aliphatic carbocycles. The standard InChI is InChI=1S/C30H30F6N4O3/c31-29(32,33)28(16-18-40(28)19-20-7-2-1-3-8-20)23-9-4-5-11-25(23)42-26-24(10-6-17-37-26)39-27(41)38-21-12-14-22(15-13-21)43-30(34,35)36/h1-5,7-9,11-15,24,26,37H,6,10,16-19H2,(H2,38,39,41). The first kappa shape index (κ1) is 30.5. The van der Waals surface area contributed by atoms with Crippen LogP contribution >= 0.6 is 0 Å². The van der Waals surface area contributed by atoms with Crippen LogP contribution in [0.5, 0.6) is 11.5 Å². The fourth-order valence-corrected chi connectivity index (χ4v) is 5.55. The minimum absolute atomic E-state index is 0.00132. The normalized spacial score (nSPS) is 22.7. The fraction of sp³-hybridized carbons (Fsp3) is 0.367. The highest BCUT2D eigenvalue weighted by Crippen LogP contribution is 2.55. The largest absolute Gasteiger partial charge is 0.573 e. The van der Waals surface area contributed by atoms with Gasteiger partial charge in [-0.3, -0.25) is 10.2 Å². The van der Waals surface area contributed by atoms with Gasteiger partial charge in [0.25, 0.3) is 0 Å². The fourth-order valence-electron chi connectivity index (χ4n) is 5.55. The van der Waals surface area contributed by atoms with Crippen LogP contribution < -0.4 is 25.4 Å². The molecule has 13 heteroatoms. The van der Waals surface area contributed by atoms with E-state index in [1.54, 1.807) is 36.4 Å². The molecule has 230 valence electrons. The summed E-state index contributed by atoms with van der Waals surface area (Å²) in [5, 5.41) is 8.45. The maximum absolute atomic E-state index is 14.9. The number of urea groups is 1. The maximum Gasteiger partial charge on any atom is 0.573 e. The molecule has 0 saturated carbocycles. The van der Waals surface area contributed by atoms with Crippen molar-refractivity contribution in [2.24, 2.45) is 0 Å². The predicted octanol–water partition coefficient (Wildman–Crippen LogP) is 6.53. The first-order chi connectivity index (χ1) is 20.4. The molecule has 3 N–H and O–H groups in total. The Balaban J connectivity index is 1.31. The number of para-hydroxylation sites is 1. The molecule has 2 aliphatic rings. The number of ether oxygens (including phenoxy) is 2. The molecule has 2 heterocycles. The lowest BCUT2D eigenvalue weighted by Crippen LogP contribution is -2.65. The number of nitrogens with zero attached hydrogens (tertiary/aromatic N) is 1. The maximum atomic E-state index is 14.9. The van der Waals surface area contributed by atoms with Gasteiger partial charge in [0.05, 0.1) is 6.04 Å². The average molecular weight is 609 g/mol. The van der Waals surface area contributed by atoms with Crippen LogP contribution in [0.2, 0.25) is 0 Å². The monoisotopic (exact) mass is 608 g/mol. The highest BCUT2D eigenvalue weighted by atomic mass is 19.4. The van der Waals surface area contributed by atoms with Crippen molar-refractivity contribution in [2.75, 3.05) is 18.4 Å². The summed E-state index contributed by atoms with van der Waals surface area (Å²) >= 11 is 0. The van der Waals surface area contributed by atoms with Crippen molar-refractivity contribution < 1.29 is 40.6 Å². The molecule has 0 spiro atoms. The SMILES string of the molecule is O=C(Nc1ccc(OC(F)(F)F)cc1)NC1CCCNC1Oc1ccccc1C1(C(F)(F)F)CCN1Cc1ccccc1. The van der Waals surface area contributed by atoms with Crippen molar-refractivity contribution in [2.45, 2.75) is 56.2 Å². The van der Waals surface area contributed by atoms with Crippen LogP contribution in [0.3, 0.4) is 0 Å². The number of benzene rings is 3. The minimum Gasteiger partial charge on any atom is -0.473 e. The van der Waals surface area contributed by atoms with E-state index in [4.69, 9.17) is 4.74 Å². The molecule has 0 bridgehead atoms. The lowest BCUT2D eigenvalue weighted by molar-refractivity contribution is -0.276. The molecule has 2 fully saturated rings. The molecule has 2 aliphatic heterocycles. The van der Waals surface area contributed by atoms with Crippen molar-refractivity contribution in [3.05, 3.63) is 90.0 Å². The Bertz CT molecular complexity index is 1390. The molecule has 3 aromatic rings. The summed E-state index contributed by atoms with van der Waals surface area (Å²) in [4.78, 5) is 14.2. The predicted molar refractivity (Wildman–Crippen MR) is 146 cm³/mol. The van der Waals surface area contributed by atoms with Gasteiger partial charge in [-0.2, -0.15) is 13.2 Å². The molecule has 2 amide bonds. The van der Waals surface area contributed by atoms with Gasteiger partial charge in [-0.1, -0.05) is 48.5 Å². The second-order valence-electron chi connectivity index (χ2n) is 10.4. The zero-order valence-electron chi connectivity index (χ0n) is 22.8. The van der Waals surface area contributed by atoms with Crippen LogP contribution in [0.1, 0.15) is 30.4 Å². The highest BCUT2D eigenvalue weighted by Gasteiger charge is 2.65. The van der Waals surface area contributed by atoms with Crippen LogP contribution in [-0.2, 0) is 12.1 Å². The summed E-state index contributed by atoms with van der Waals surface area (Å²) in [5.41, 5.74) is -1.26. The van der Waals surface area contributed by atoms with Gasteiger partial charge in [0, 0.05) is 24.3 Å². The number of likely N-dealkylation sites (tertiary alicyclic amines) is 1. The van der Waals surface area contributed by atoms with Gasteiger partial charge in [-0.25, -0.2) is 4.79 Å². The number of amides is 2. The van der Waals surface area contributed by atoms with Crippen molar-refractivity contribution in [1.82, 2.24) is 15.5 Å². The molecule has 43 heavy (non-hydrogen) atoms. The average Bonchev–Trinajstić information content (AvgIpc) is 2.93. The van der Waals surface area contributed by atoms with Crippen LogP contribution in [0.25, 0.3) is 0 Å². The molecule has 3 aromatic carbocycles. The topological polar surface area (TPSA) is 74.9 Å². The molecule has 2 saturated heterocycles. The number of hydrogen-bond donors (Lipinski definition) is 3. The smallest absolute Gasteiger partial charge is 0.473 e. The second-order valence-corrected chi connectivity index (χ2v) is 10.4. The van der Waals surface area contributed by atoms with Crippen LogP contribution in [0.4, 0.5) is 36.8 Å². The van der Waals surface area contributed by atoms with E-state index < -0.39 is 42.1 Å². The van der Waals surface area contributed by atoms with Gasteiger partial charge < -0.3 is 20.1 Å². The molecule has 3 atom stereocenters. The van der Waals surface area contributed by atoms with Gasteiger partial charge in [0.1, 0.15) is 17.0 Å². The number of anilines is 1. The van der Waals surface area contributed by atoms with E-state index in [1.165, 1.54) is 29.2 Å². The van der Waals surface area contributed by atoms with Gasteiger partial charge in [-0.05, 0) is 61.7 Å². The number of carbonyl (C=O) groups is 1. The van der Waals surface area contributed by atoms with Crippen molar-refractivity contribution >= 4 is 11.7 Å². The lowest BCUT2D eigenvalue weighted by atomic mass is 9.76. The quantitative estimate of drug-likeness (QED) is 0.254. The highest BCUT2D eigenvalue weighted by molar-refractivity contribution is 5.89. The summed E-state index contributed by atoms with van der Waals surface area (Å²) in [6, 6.07) is 18.4. The number of carbonyl (C=O) groups excluding carboxylic acids is 1. The van der Waals surface area contributed by atoms with Gasteiger partial charge in [0.15, 0.2) is 6.23 Å². The number of halogens is 6. The molecule has 3 unspecified atom stereocenters. The third-order valence-electron chi connectivity index (χ3n) is 7.62. The Morgan fingerprint density at radius 1 is 0.953 bits per heavy atom. The van der Waals surface area contributed by atoms with Gasteiger partial charge in [-0.15, -0.1) is 13.2 Å². The van der Waals surface area contributed by atoms with E-state index in [9.17, 15) is 31.1 Å². The van der Waals surface area contributed by atoms with E-state index in [1.807, 2.05) is 6.07 Å². The Morgan fingerprint density at radius 3 is 2.30 bits per heavy atom. The second kappa shape index (κ2) is 12.3. The Morgan fingerprint density at radius 2 is 1.65 bits per heavy atom. The number of rotatable bonds is 8. The molecular formula is C30H30F6N4O3. The number of piperidine rings is 1. The van der Waals surface area contributed by atoms with Gasteiger partial charge in [0.2, 0.25) is 0 Å². The van der Waals surface area contributed by atoms with E-state index in [0.29, 0.717) is 19.4 Å². The molecule has 7 nitrogen and oxygen atoms in total. The lowest BCUT2D eigenvalue weighted by Gasteiger charge is -2.54. The molecule has 5 rings (SSSR count). The first-order valence-electron chi connectivity index (χ1n) is 13.7. The summed E-state index contributed by atoms with van der Waals surface area (Å²) < 4.78 is 91.9. The van der Waals surface area contributed by atoms with Crippen molar-refractivity contribution in [1.29, 1.82) is 0 Å². The first-order valence-corrected chi connectivity index (χ1v) is 13.7. The minimum atomic E-state index is -4.84. The third kappa shape index (κ3) is 6.99. The van der Waals surface area contributed by atoms with Crippen LogP contribution in [-0.4, -0.2) is 48.8 Å². The summed E-state index contributed by atoms with van der Waals surface area (Å²) in [5.74, 6) is -0.378. The zero-order chi connectivity index (χ0) is 30.7. The molecular weight excluding hydrogens is 578 g/mol. The summed E-state index contributed by atoms with van der Waals surface area (Å²) in [7, 11) is 0. The van der Waals surface area contributed by atoms with Gasteiger partial charge >= 0.3 is 18.6 Å². The van der Waals surface area contributed by atoms with Crippen LogP contribution in [0.15, 0.2) is 78.9 Å². The Kier molecular flexibility index (Phi) is 8.74. The molecule has 0 radical (unpaired) electrons. The third-order valence-corrected chi connectivity index (χ3v) is 7.62. The number of alkyl halides is 6. The number of hydrogen-bond acceptors (Lipinski definition) is 5.